The van der Waals surface area contributed by atoms with Gasteiger partial charge < -0.3 is 0 Å². The van der Waals surface area contributed by atoms with Crippen LogP contribution < -0.4 is 0 Å². The molecule has 240 valence electrons. The molecule has 7 aromatic carbocycles. The maximum Gasteiger partial charge on any atom is 0.138 e. The molecular weight excluding hydrogens is 628 g/mol. The molecule has 0 saturated heterocycles. The molecule has 2 heteroatoms. The molecule has 0 aliphatic carbocycles. The fourth-order valence-electron chi connectivity index (χ4n) is 7.66. The van der Waals surface area contributed by atoms with Gasteiger partial charge in [-0.05, 0) is 80.4 Å². The second-order valence-corrected chi connectivity index (χ2v) is 13.5. The number of hydrogen-bond donors (Lipinski definition) is 0. The molecule has 0 aliphatic rings. The van der Waals surface area contributed by atoms with E-state index in [2.05, 4.69) is 112 Å². The number of benzene rings is 7. The Balaban J connectivity index is 1.43. The van der Waals surface area contributed by atoms with Gasteiger partial charge in [0.05, 0.1) is 0 Å². The van der Waals surface area contributed by atoms with Crippen molar-refractivity contribution in [2.24, 2.45) is 0 Å². The van der Waals surface area contributed by atoms with Crippen molar-refractivity contribution >= 4 is 81.6 Å². The maximum atomic E-state index is 15.7. The van der Waals surface area contributed by atoms with E-state index in [4.69, 9.17) is 0 Å². The number of thiophene rings is 1. The summed E-state index contributed by atoms with van der Waals surface area (Å²) in [5.74, 6) is -0.167. The van der Waals surface area contributed by atoms with Gasteiger partial charge >= 0.3 is 0 Å². The molecule has 0 unspecified atom stereocenters. The Hall–Kier alpha value is -5.83. The number of allylic oxidation sites excluding steroid dienone is 6. The van der Waals surface area contributed by atoms with Crippen molar-refractivity contribution in [2.45, 2.75) is 13.8 Å². The van der Waals surface area contributed by atoms with Crippen LogP contribution in [-0.4, -0.2) is 0 Å². The van der Waals surface area contributed by atoms with Crippen molar-refractivity contribution in [1.29, 1.82) is 0 Å². The minimum absolute atomic E-state index is 0.167. The second kappa shape index (κ2) is 12.9. The summed E-state index contributed by atoms with van der Waals surface area (Å²) in [6, 6.07) is 37.8. The van der Waals surface area contributed by atoms with Gasteiger partial charge in [0.15, 0.2) is 0 Å². The Morgan fingerprint density at radius 1 is 0.640 bits per heavy atom. The Morgan fingerprint density at radius 2 is 1.26 bits per heavy atom. The number of fused-ring (bicyclic) bond motifs is 6. The summed E-state index contributed by atoms with van der Waals surface area (Å²) >= 11 is 1.82. The Morgan fingerprint density at radius 3 is 1.88 bits per heavy atom. The third-order valence-corrected chi connectivity index (χ3v) is 11.0. The first-order valence-corrected chi connectivity index (χ1v) is 17.8. The fraction of sp³-hybridized carbons (Fsp3) is 0.0417. The number of hydrogen-bond acceptors (Lipinski definition) is 1. The van der Waals surface area contributed by atoms with Crippen LogP contribution in [0.5, 0.6) is 0 Å². The third kappa shape index (κ3) is 4.87. The Kier molecular flexibility index (Phi) is 8.11. The number of halogens is 1. The van der Waals surface area contributed by atoms with E-state index in [0.717, 1.165) is 38.6 Å². The van der Waals surface area contributed by atoms with Crippen molar-refractivity contribution < 1.29 is 4.39 Å². The Labute approximate surface area is 296 Å². The average Bonchev–Trinajstić information content (AvgIpc) is 3.54. The third-order valence-electron chi connectivity index (χ3n) is 9.77. The first-order chi connectivity index (χ1) is 24.6. The second-order valence-electron chi connectivity index (χ2n) is 12.4. The molecule has 0 N–H and O–H groups in total. The highest BCUT2D eigenvalue weighted by Gasteiger charge is 2.22. The smallest absolute Gasteiger partial charge is 0.138 e. The molecule has 0 radical (unpaired) electrons. The van der Waals surface area contributed by atoms with E-state index in [0.29, 0.717) is 10.8 Å². The molecular formula is C48H35FS. The zero-order valence-corrected chi connectivity index (χ0v) is 29.0. The molecule has 1 aromatic heterocycles. The molecule has 8 aromatic rings. The van der Waals surface area contributed by atoms with Crippen LogP contribution in [0.25, 0.3) is 92.5 Å². The van der Waals surface area contributed by atoms with Crippen LogP contribution in [0.3, 0.4) is 0 Å². The fourth-order valence-corrected chi connectivity index (χ4v) is 8.93. The molecule has 1 heterocycles. The van der Waals surface area contributed by atoms with Gasteiger partial charge in [-0.2, -0.15) is 0 Å². The summed E-state index contributed by atoms with van der Waals surface area (Å²) in [7, 11) is 0. The van der Waals surface area contributed by atoms with E-state index in [9.17, 15) is 0 Å². The van der Waals surface area contributed by atoms with Crippen molar-refractivity contribution in [2.75, 3.05) is 0 Å². The molecule has 0 nitrogen and oxygen atoms in total. The lowest BCUT2D eigenvalue weighted by atomic mass is 9.82. The van der Waals surface area contributed by atoms with Crippen molar-refractivity contribution in [1.82, 2.24) is 0 Å². The predicted molar refractivity (Wildman–Crippen MR) is 220 cm³/mol. The minimum atomic E-state index is -0.167. The molecule has 0 bridgehead atoms. The molecule has 0 spiro atoms. The molecule has 0 amide bonds. The van der Waals surface area contributed by atoms with E-state index in [1.165, 1.54) is 47.6 Å². The SMILES string of the molecule is C=C/C=C\C(=C/C)c1c(C=C)c(/C=C\C)c(-c2cccc3c2sc2cc(-c4c5ccccc5c(F)c5ccccc45)ccc23)c2ccccc12. The van der Waals surface area contributed by atoms with Gasteiger partial charge in [0.2, 0.25) is 0 Å². The van der Waals surface area contributed by atoms with Crippen molar-refractivity contribution in [3.8, 4) is 22.3 Å². The van der Waals surface area contributed by atoms with Crippen LogP contribution in [0.4, 0.5) is 4.39 Å². The highest BCUT2D eigenvalue weighted by Crippen LogP contribution is 2.48. The maximum absolute atomic E-state index is 15.7. The van der Waals surface area contributed by atoms with E-state index < -0.39 is 0 Å². The summed E-state index contributed by atoms with van der Waals surface area (Å²) in [5, 5.41) is 7.96. The zero-order chi connectivity index (χ0) is 34.4. The monoisotopic (exact) mass is 662 g/mol. The minimum Gasteiger partial charge on any atom is -0.206 e. The van der Waals surface area contributed by atoms with Gasteiger partial charge in [0.1, 0.15) is 5.82 Å². The van der Waals surface area contributed by atoms with Crippen LogP contribution in [0, 0.1) is 5.82 Å². The first-order valence-electron chi connectivity index (χ1n) is 16.9. The average molecular weight is 663 g/mol. The van der Waals surface area contributed by atoms with Crippen molar-refractivity contribution in [3.63, 3.8) is 0 Å². The predicted octanol–water partition coefficient (Wildman–Crippen LogP) is 14.8. The summed E-state index contributed by atoms with van der Waals surface area (Å²) < 4.78 is 18.2. The lowest BCUT2D eigenvalue weighted by molar-refractivity contribution is 0.651. The topological polar surface area (TPSA) is 0 Å². The van der Waals surface area contributed by atoms with Crippen molar-refractivity contribution in [3.05, 3.63) is 175 Å². The first kappa shape index (κ1) is 31.4. The van der Waals surface area contributed by atoms with Crippen LogP contribution in [0.15, 0.2) is 153 Å². The molecule has 0 saturated carbocycles. The van der Waals surface area contributed by atoms with E-state index in [-0.39, 0.29) is 5.82 Å². The van der Waals surface area contributed by atoms with Crippen LogP contribution in [0.1, 0.15) is 30.5 Å². The zero-order valence-electron chi connectivity index (χ0n) is 28.1. The number of rotatable bonds is 7. The summed E-state index contributed by atoms with van der Waals surface area (Å²) in [5.41, 5.74) is 9.10. The molecule has 8 rings (SSSR count). The summed E-state index contributed by atoms with van der Waals surface area (Å²) in [6.07, 6.45) is 14.4. The summed E-state index contributed by atoms with van der Waals surface area (Å²) in [6.45, 7) is 12.4. The quantitative estimate of drug-likeness (QED) is 0.118. The highest BCUT2D eigenvalue weighted by molar-refractivity contribution is 7.26. The van der Waals surface area contributed by atoms with E-state index >= 15 is 4.39 Å². The van der Waals surface area contributed by atoms with E-state index in [1.807, 2.05) is 78.1 Å². The van der Waals surface area contributed by atoms with Gasteiger partial charge in [0, 0.05) is 36.5 Å². The van der Waals surface area contributed by atoms with Gasteiger partial charge in [0.25, 0.3) is 0 Å². The largest absolute Gasteiger partial charge is 0.206 e. The normalized spacial score (nSPS) is 12.4. The molecule has 0 fully saturated rings. The van der Waals surface area contributed by atoms with Gasteiger partial charge in [-0.3, -0.25) is 0 Å². The summed E-state index contributed by atoms with van der Waals surface area (Å²) in [4.78, 5) is 0. The lowest BCUT2D eigenvalue weighted by Gasteiger charge is -2.21. The van der Waals surface area contributed by atoms with E-state index in [1.54, 1.807) is 0 Å². The Bertz CT molecular complexity index is 2710. The molecule has 0 aliphatic heterocycles. The van der Waals surface area contributed by atoms with Crippen LogP contribution >= 0.6 is 11.3 Å². The highest BCUT2D eigenvalue weighted by atomic mass is 32.1. The van der Waals surface area contributed by atoms with Gasteiger partial charge in [-0.1, -0.05) is 159 Å². The molecule has 50 heavy (non-hydrogen) atoms. The standard InChI is InChI=1S/C48H35FS/c1-5-9-18-30(7-3)44-32(8-4)34(17-6-2)46(36-20-11-10-19-35(36)44)42-26-16-25-41-33-28-27-31(29-43(33)50-48(41)42)45-37-21-12-14-23-39(37)47(49)40-24-15-13-22-38(40)45/h5-29H,1,4H2,2-3H3/b17-6-,18-9-,30-7+. The molecule has 0 atom stereocenters. The lowest BCUT2D eigenvalue weighted by Crippen LogP contribution is -1.98. The van der Waals surface area contributed by atoms with Gasteiger partial charge in [-0.15, -0.1) is 11.3 Å². The van der Waals surface area contributed by atoms with Crippen LogP contribution in [0.2, 0.25) is 0 Å². The van der Waals surface area contributed by atoms with Crippen LogP contribution in [-0.2, 0) is 0 Å². The van der Waals surface area contributed by atoms with Gasteiger partial charge in [-0.25, -0.2) is 4.39 Å².